The number of rotatable bonds is 0. The lowest BCUT2D eigenvalue weighted by molar-refractivity contribution is -0.135. The molecule has 0 rings (SSSR count). The summed E-state index contributed by atoms with van der Waals surface area (Å²) in [6.07, 6.45) is 0. The Balaban J connectivity index is -0.0000000121. The Morgan fingerprint density at radius 1 is 0.429 bits per heavy atom. The number of carboxylic acid groups (broad SMARTS) is 4. The van der Waals surface area contributed by atoms with E-state index in [1.807, 2.05) is 0 Å². The number of carboxylic acids is 4. The van der Waals surface area contributed by atoms with Crippen molar-refractivity contribution in [2.24, 2.45) is 0 Å². The maximum Gasteiger partial charge on any atom is 0.300 e. The Labute approximate surface area is 123 Å². The molecular weight excluding hydrogens is 294 g/mol. The van der Waals surface area contributed by atoms with Crippen LogP contribution < -0.4 is 30.8 Å². The average Bonchev–Trinajstić information content (AvgIpc) is 1.76. The van der Waals surface area contributed by atoms with E-state index in [2.05, 4.69) is 0 Å². The van der Waals surface area contributed by atoms with Crippen LogP contribution in [0.25, 0.3) is 0 Å². The van der Waals surface area contributed by atoms with Gasteiger partial charge in [0.05, 0.1) is 0 Å². The molecule has 13 heteroatoms. The van der Waals surface area contributed by atoms with Crippen LogP contribution in [0, 0.1) is 0 Å². The van der Waals surface area contributed by atoms with Crippen molar-refractivity contribution in [3.8, 4) is 0 Å². The number of aliphatic carboxylic acids is 4. The first-order valence-corrected chi connectivity index (χ1v) is 3.71. The molecule has 0 radical (unpaired) electrons. The zero-order chi connectivity index (χ0) is 14.3. The highest BCUT2D eigenvalue weighted by atomic mass is 16.4. The first-order valence-electron chi connectivity index (χ1n) is 3.71. The third-order valence-electron chi connectivity index (χ3n) is 0. The second-order valence-corrected chi connectivity index (χ2v) is 2.08. The molecular formula is C8H31N5O8. The second kappa shape index (κ2) is 52.5. The van der Waals surface area contributed by atoms with Crippen molar-refractivity contribution in [2.75, 3.05) is 0 Å². The molecule has 0 saturated heterocycles. The van der Waals surface area contributed by atoms with Gasteiger partial charge in [0.25, 0.3) is 23.9 Å². The van der Waals surface area contributed by atoms with E-state index in [9.17, 15) is 0 Å². The normalized spacial score (nSPS) is 4.76. The Hall–Kier alpha value is -2.32. The van der Waals surface area contributed by atoms with E-state index in [4.69, 9.17) is 39.6 Å². The van der Waals surface area contributed by atoms with Crippen LogP contribution in [0.2, 0.25) is 0 Å². The van der Waals surface area contributed by atoms with E-state index in [0.29, 0.717) is 0 Å². The van der Waals surface area contributed by atoms with E-state index < -0.39 is 23.9 Å². The maximum atomic E-state index is 9.00. The fourth-order valence-electron chi connectivity index (χ4n) is 0. The molecule has 0 atom stereocenters. The highest BCUT2D eigenvalue weighted by Gasteiger charge is 1.66. The molecule has 0 fully saturated rings. The SMILES string of the molecule is CC(=O)O.CC(=O)O.CC(=O)O.CC(=O)O.N.N.N.N.N. The molecule has 0 bridgehead atoms. The van der Waals surface area contributed by atoms with E-state index in [1.54, 1.807) is 0 Å². The monoisotopic (exact) mass is 325 g/mol. The predicted octanol–water partition coefficient (Wildman–Crippen LogP) is 1.17. The first kappa shape index (κ1) is 62.3. The van der Waals surface area contributed by atoms with Crippen LogP contribution in [-0.4, -0.2) is 44.3 Å². The largest absolute Gasteiger partial charge is 0.481 e. The van der Waals surface area contributed by atoms with E-state index in [1.165, 1.54) is 0 Å². The molecule has 0 aromatic carbocycles. The van der Waals surface area contributed by atoms with Crippen molar-refractivity contribution in [3.63, 3.8) is 0 Å². The first-order chi connectivity index (χ1) is 6.93. The minimum atomic E-state index is -0.833. The summed E-state index contributed by atoms with van der Waals surface area (Å²) in [5.74, 6) is -3.33. The molecule has 0 saturated carbocycles. The number of hydrogen-bond acceptors (Lipinski definition) is 9. The van der Waals surface area contributed by atoms with Crippen molar-refractivity contribution in [3.05, 3.63) is 0 Å². The van der Waals surface area contributed by atoms with Gasteiger partial charge in [0.2, 0.25) is 0 Å². The van der Waals surface area contributed by atoms with Gasteiger partial charge in [-0.1, -0.05) is 0 Å². The van der Waals surface area contributed by atoms with Gasteiger partial charge in [0.1, 0.15) is 0 Å². The van der Waals surface area contributed by atoms with E-state index >= 15 is 0 Å². The molecule has 0 aromatic rings. The molecule has 0 aromatic heterocycles. The summed E-state index contributed by atoms with van der Waals surface area (Å²) in [5.41, 5.74) is 0. The Morgan fingerprint density at radius 3 is 0.429 bits per heavy atom. The highest BCUT2D eigenvalue weighted by molar-refractivity contribution is 5.63. The molecule has 19 N–H and O–H groups in total. The molecule has 0 heterocycles. The van der Waals surface area contributed by atoms with Crippen molar-refractivity contribution in [1.82, 2.24) is 30.8 Å². The summed E-state index contributed by atoms with van der Waals surface area (Å²) in [6.45, 7) is 4.33. The highest BCUT2D eigenvalue weighted by Crippen LogP contribution is 1.43. The number of carbonyl (C=O) groups is 4. The average molecular weight is 325 g/mol. The third-order valence-corrected chi connectivity index (χ3v) is 0. The summed E-state index contributed by atoms with van der Waals surface area (Å²) in [4.78, 5) is 36.0. The van der Waals surface area contributed by atoms with Crippen LogP contribution in [0.1, 0.15) is 27.7 Å². The summed E-state index contributed by atoms with van der Waals surface area (Å²) in [5, 5.41) is 29.7. The van der Waals surface area contributed by atoms with Crippen LogP contribution in [-0.2, 0) is 19.2 Å². The Bertz CT molecular complexity index is 173. The minimum absolute atomic E-state index is 0. The van der Waals surface area contributed by atoms with Crippen LogP contribution in [0.3, 0.4) is 0 Å². The van der Waals surface area contributed by atoms with Crippen LogP contribution in [0.15, 0.2) is 0 Å². The van der Waals surface area contributed by atoms with Gasteiger partial charge in [-0.05, 0) is 0 Å². The van der Waals surface area contributed by atoms with Crippen molar-refractivity contribution < 1.29 is 39.6 Å². The standard InChI is InChI=1S/4C2H4O2.5H3N/c4*1-2(3)4;;;;;/h4*1H3,(H,3,4);5*1H3. The fourth-order valence-corrected chi connectivity index (χ4v) is 0. The molecule has 0 aliphatic rings. The summed E-state index contributed by atoms with van der Waals surface area (Å²) >= 11 is 0. The predicted molar refractivity (Wildman–Crippen MR) is 78.3 cm³/mol. The molecule has 13 nitrogen and oxygen atoms in total. The van der Waals surface area contributed by atoms with Gasteiger partial charge in [-0.2, -0.15) is 0 Å². The van der Waals surface area contributed by atoms with Crippen molar-refractivity contribution in [2.45, 2.75) is 27.7 Å². The lowest BCUT2D eigenvalue weighted by atomic mass is 10.9. The van der Waals surface area contributed by atoms with Gasteiger partial charge in [0, 0.05) is 27.7 Å². The van der Waals surface area contributed by atoms with Crippen LogP contribution in [0.5, 0.6) is 0 Å². The second-order valence-electron chi connectivity index (χ2n) is 2.08. The Kier molecular flexibility index (Phi) is 156. The maximum absolute atomic E-state index is 9.00. The minimum Gasteiger partial charge on any atom is -0.481 e. The van der Waals surface area contributed by atoms with Crippen LogP contribution in [0.4, 0.5) is 0 Å². The van der Waals surface area contributed by atoms with Gasteiger partial charge >= 0.3 is 0 Å². The summed E-state index contributed by atoms with van der Waals surface area (Å²) in [7, 11) is 0. The summed E-state index contributed by atoms with van der Waals surface area (Å²) < 4.78 is 0. The molecule has 0 aliphatic carbocycles. The molecule has 0 unspecified atom stereocenters. The van der Waals surface area contributed by atoms with E-state index in [-0.39, 0.29) is 30.8 Å². The lowest BCUT2D eigenvalue weighted by Crippen LogP contribution is -1.78. The van der Waals surface area contributed by atoms with Gasteiger partial charge in [-0.3, -0.25) is 19.2 Å². The van der Waals surface area contributed by atoms with E-state index in [0.717, 1.165) is 27.7 Å². The topological polar surface area (TPSA) is 324 Å². The van der Waals surface area contributed by atoms with Crippen molar-refractivity contribution in [1.29, 1.82) is 0 Å². The van der Waals surface area contributed by atoms with Gasteiger partial charge in [-0.25, -0.2) is 0 Å². The summed E-state index contributed by atoms with van der Waals surface area (Å²) in [6, 6.07) is 0. The molecule has 0 amide bonds. The Morgan fingerprint density at radius 2 is 0.429 bits per heavy atom. The molecule has 0 aliphatic heterocycles. The zero-order valence-corrected chi connectivity index (χ0v) is 13.0. The third kappa shape index (κ3) is 808. The smallest absolute Gasteiger partial charge is 0.300 e. The quantitative estimate of drug-likeness (QED) is 0.302. The van der Waals surface area contributed by atoms with Crippen LogP contribution >= 0.6 is 0 Å². The van der Waals surface area contributed by atoms with Crippen molar-refractivity contribution >= 4 is 23.9 Å². The van der Waals surface area contributed by atoms with Gasteiger partial charge < -0.3 is 51.2 Å². The molecule has 136 valence electrons. The zero-order valence-electron chi connectivity index (χ0n) is 13.0. The van der Waals surface area contributed by atoms with Gasteiger partial charge in [-0.15, -0.1) is 0 Å². The molecule has 21 heavy (non-hydrogen) atoms. The fraction of sp³-hybridized carbons (Fsp3) is 0.500. The molecule has 0 spiro atoms. The van der Waals surface area contributed by atoms with Gasteiger partial charge in [0.15, 0.2) is 0 Å². The number of hydrogen-bond donors (Lipinski definition) is 9. The lowest BCUT2D eigenvalue weighted by Gasteiger charge is -1.59.